The lowest BCUT2D eigenvalue weighted by atomic mass is 10.1. The number of amides is 2. The topological polar surface area (TPSA) is 40.6 Å². The van der Waals surface area contributed by atoms with Crippen LogP contribution in [0, 0.1) is 12.7 Å². The Morgan fingerprint density at radius 1 is 0.844 bits per heavy atom. The van der Waals surface area contributed by atoms with Crippen molar-refractivity contribution in [1.29, 1.82) is 0 Å². The largest absolute Gasteiger partial charge is 0.333 e. The first-order chi connectivity index (χ1) is 15.4. The lowest BCUT2D eigenvalue weighted by Crippen LogP contribution is -2.43. The number of thiophene rings is 1. The van der Waals surface area contributed by atoms with Crippen LogP contribution in [0.2, 0.25) is 0 Å². The van der Waals surface area contributed by atoms with Crippen LogP contribution >= 0.6 is 11.3 Å². The molecule has 2 aromatic carbocycles. The molecule has 3 aromatic rings. The minimum absolute atomic E-state index is 0.0328. The van der Waals surface area contributed by atoms with Gasteiger partial charge in [-0.1, -0.05) is 49.4 Å². The van der Waals surface area contributed by atoms with Gasteiger partial charge in [-0.3, -0.25) is 9.59 Å². The molecule has 1 heterocycles. The maximum atomic E-state index is 13.3. The monoisotopic (exact) mass is 452 g/mol. The van der Waals surface area contributed by atoms with Crippen LogP contribution in [0.1, 0.15) is 34.2 Å². The van der Waals surface area contributed by atoms with E-state index in [0.717, 1.165) is 22.4 Å². The third-order valence-corrected chi connectivity index (χ3v) is 6.14. The van der Waals surface area contributed by atoms with Crippen molar-refractivity contribution >= 4 is 23.2 Å². The highest BCUT2D eigenvalue weighted by atomic mass is 32.1. The van der Waals surface area contributed by atoms with Crippen molar-refractivity contribution in [3.8, 4) is 0 Å². The van der Waals surface area contributed by atoms with E-state index in [1.165, 1.54) is 17.0 Å². The molecule has 0 bridgehead atoms. The van der Waals surface area contributed by atoms with Crippen LogP contribution < -0.4 is 0 Å². The normalized spacial score (nSPS) is 10.7. The third-order valence-electron chi connectivity index (χ3n) is 5.15. The zero-order chi connectivity index (χ0) is 22.9. The number of carbonyl (C=O) groups excluding carboxylic acids is 2. The average Bonchev–Trinajstić information content (AvgIpc) is 3.20. The summed E-state index contributed by atoms with van der Waals surface area (Å²) in [6, 6.07) is 19.9. The second-order valence-corrected chi connectivity index (χ2v) is 9.24. The van der Waals surface area contributed by atoms with Gasteiger partial charge in [-0.25, -0.2) is 4.39 Å². The van der Waals surface area contributed by atoms with Crippen LogP contribution in [0.25, 0.3) is 0 Å². The molecule has 4 nitrogen and oxygen atoms in total. The van der Waals surface area contributed by atoms with Gasteiger partial charge in [0.25, 0.3) is 0 Å². The molecule has 32 heavy (non-hydrogen) atoms. The van der Waals surface area contributed by atoms with E-state index in [2.05, 4.69) is 19.1 Å². The summed E-state index contributed by atoms with van der Waals surface area (Å²) in [7, 11) is 0. The highest BCUT2D eigenvalue weighted by Crippen LogP contribution is 2.19. The zero-order valence-corrected chi connectivity index (χ0v) is 19.4. The first-order valence-corrected chi connectivity index (χ1v) is 11.7. The second kappa shape index (κ2) is 11.6. The number of rotatable bonds is 10. The fraction of sp³-hybridized carbons (Fsp3) is 0.308. The molecule has 0 saturated carbocycles. The van der Waals surface area contributed by atoms with E-state index in [9.17, 15) is 14.0 Å². The summed E-state index contributed by atoms with van der Waals surface area (Å²) in [5, 5.41) is 0. The standard InChI is InChI=1S/C26H29FN2O2S/c1-3-15-28(25(30)16-21-10-12-23(27)13-11-21)19-26(31)29(17-22-7-5-4-6-8-22)18-24-14-9-20(2)32-24/h4-14H,3,15-19H2,1-2H3. The van der Waals surface area contributed by atoms with Gasteiger partial charge in [0.2, 0.25) is 11.8 Å². The Balaban J connectivity index is 1.72. The molecule has 0 saturated heterocycles. The molecule has 0 radical (unpaired) electrons. The molecule has 168 valence electrons. The van der Waals surface area contributed by atoms with Crippen molar-refractivity contribution in [1.82, 2.24) is 9.80 Å². The van der Waals surface area contributed by atoms with E-state index >= 15 is 0 Å². The molecule has 0 spiro atoms. The van der Waals surface area contributed by atoms with Crippen molar-refractivity contribution in [3.63, 3.8) is 0 Å². The fourth-order valence-electron chi connectivity index (χ4n) is 3.51. The molecule has 6 heteroatoms. The van der Waals surface area contributed by atoms with Crippen molar-refractivity contribution < 1.29 is 14.0 Å². The van der Waals surface area contributed by atoms with Crippen molar-refractivity contribution in [3.05, 3.63) is 93.4 Å². The van der Waals surface area contributed by atoms with Crippen LogP contribution in [-0.2, 0) is 29.1 Å². The minimum Gasteiger partial charge on any atom is -0.333 e. The summed E-state index contributed by atoms with van der Waals surface area (Å²) in [5.41, 5.74) is 1.79. The maximum absolute atomic E-state index is 13.3. The van der Waals surface area contributed by atoms with Gasteiger partial charge in [-0.2, -0.15) is 0 Å². The molecule has 0 unspecified atom stereocenters. The predicted octanol–water partition coefficient (Wildman–Crippen LogP) is 5.21. The number of benzene rings is 2. The number of halogens is 1. The summed E-state index contributed by atoms with van der Waals surface area (Å²) in [4.78, 5) is 32.0. The number of aryl methyl sites for hydroxylation is 1. The maximum Gasteiger partial charge on any atom is 0.242 e. The SMILES string of the molecule is CCCN(CC(=O)N(Cc1ccccc1)Cc1ccc(C)s1)C(=O)Cc1ccc(F)cc1. The second-order valence-electron chi connectivity index (χ2n) is 7.87. The molecule has 2 amide bonds. The van der Waals surface area contributed by atoms with Gasteiger partial charge in [0.15, 0.2) is 0 Å². The molecule has 0 aliphatic carbocycles. The molecule has 0 aliphatic heterocycles. The summed E-state index contributed by atoms with van der Waals surface area (Å²) in [5.74, 6) is -0.540. The van der Waals surface area contributed by atoms with E-state index in [0.29, 0.717) is 19.6 Å². The first kappa shape index (κ1) is 23.7. The Morgan fingerprint density at radius 3 is 2.19 bits per heavy atom. The molecule has 0 fully saturated rings. The lowest BCUT2D eigenvalue weighted by Gasteiger charge is -2.27. The molecule has 0 N–H and O–H groups in total. The number of hydrogen-bond donors (Lipinski definition) is 0. The average molecular weight is 453 g/mol. The molecule has 1 aromatic heterocycles. The van der Waals surface area contributed by atoms with E-state index in [-0.39, 0.29) is 30.6 Å². The van der Waals surface area contributed by atoms with E-state index in [1.54, 1.807) is 28.4 Å². The number of hydrogen-bond acceptors (Lipinski definition) is 3. The molecule has 3 rings (SSSR count). The molecular formula is C26H29FN2O2S. The van der Waals surface area contributed by atoms with Crippen LogP contribution in [0.4, 0.5) is 4.39 Å². The van der Waals surface area contributed by atoms with Crippen LogP contribution in [-0.4, -0.2) is 34.7 Å². The Kier molecular flexibility index (Phi) is 8.56. The predicted molar refractivity (Wildman–Crippen MR) is 127 cm³/mol. The summed E-state index contributed by atoms with van der Waals surface area (Å²) >= 11 is 1.68. The van der Waals surface area contributed by atoms with Crippen molar-refractivity contribution in [2.24, 2.45) is 0 Å². The van der Waals surface area contributed by atoms with Gasteiger partial charge in [0.1, 0.15) is 5.82 Å². The van der Waals surface area contributed by atoms with Gasteiger partial charge < -0.3 is 9.80 Å². The lowest BCUT2D eigenvalue weighted by molar-refractivity contribution is -0.141. The smallest absolute Gasteiger partial charge is 0.242 e. The van der Waals surface area contributed by atoms with E-state index in [1.807, 2.05) is 42.2 Å². The van der Waals surface area contributed by atoms with Gasteiger partial charge in [-0.15, -0.1) is 11.3 Å². The Morgan fingerprint density at radius 2 is 1.56 bits per heavy atom. The van der Waals surface area contributed by atoms with Crippen LogP contribution in [0.15, 0.2) is 66.7 Å². The highest BCUT2D eigenvalue weighted by molar-refractivity contribution is 7.11. The number of nitrogens with zero attached hydrogens (tertiary/aromatic N) is 2. The van der Waals surface area contributed by atoms with Gasteiger partial charge in [0.05, 0.1) is 19.5 Å². The van der Waals surface area contributed by atoms with Crippen LogP contribution in [0.5, 0.6) is 0 Å². The van der Waals surface area contributed by atoms with Gasteiger partial charge >= 0.3 is 0 Å². The third kappa shape index (κ3) is 7.02. The van der Waals surface area contributed by atoms with Crippen molar-refractivity contribution in [2.45, 2.75) is 39.8 Å². The van der Waals surface area contributed by atoms with Gasteiger partial charge in [0, 0.05) is 22.8 Å². The Bertz CT molecular complexity index is 1020. The quantitative estimate of drug-likeness (QED) is 0.424. The molecular weight excluding hydrogens is 423 g/mol. The summed E-state index contributed by atoms with van der Waals surface area (Å²) in [6.07, 6.45) is 0.904. The van der Waals surface area contributed by atoms with Crippen LogP contribution in [0.3, 0.4) is 0 Å². The Hall–Kier alpha value is -2.99. The number of carbonyl (C=O) groups is 2. The summed E-state index contributed by atoms with van der Waals surface area (Å²) < 4.78 is 13.2. The first-order valence-electron chi connectivity index (χ1n) is 10.8. The van der Waals surface area contributed by atoms with Gasteiger partial charge in [-0.05, 0) is 48.7 Å². The zero-order valence-electron chi connectivity index (χ0n) is 18.6. The summed E-state index contributed by atoms with van der Waals surface area (Å²) in [6.45, 7) is 5.57. The molecule has 0 aliphatic rings. The molecule has 0 atom stereocenters. The van der Waals surface area contributed by atoms with Crippen molar-refractivity contribution in [2.75, 3.05) is 13.1 Å². The van der Waals surface area contributed by atoms with E-state index in [4.69, 9.17) is 0 Å². The fourth-order valence-corrected chi connectivity index (χ4v) is 4.41. The van der Waals surface area contributed by atoms with E-state index < -0.39 is 0 Å². The highest BCUT2D eigenvalue weighted by Gasteiger charge is 2.22. The minimum atomic E-state index is -0.331. The Labute approximate surface area is 193 Å².